The highest BCUT2D eigenvalue weighted by atomic mass is 16.5. The highest BCUT2D eigenvalue weighted by Gasteiger charge is 2.18. The molecule has 1 heterocycles. The molecule has 1 aliphatic rings. The minimum atomic E-state index is -0.254. The third-order valence-electron chi connectivity index (χ3n) is 4.45. The van der Waals surface area contributed by atoms with E-state index in [1.54, 1.807) is 36.4 Å². The van der Waals surface area contributed by atoms with Crippen molar-refractivity contribution in [3.05, 3.63) is 65.7 Å². The van der Waals surface area contributed by atoms with Crippen molar-refractivity contribution >= 4 is 17.5 Å². The van der Waals surface area contributed by atoms with Gasteiger partial charge in [0.15, 0.2) is 6.61 Å². The lowest BCUT2D eigenvalue weighted by Crippen LogP contribution is -2.32. The van der Waals surface area contributed by atoms with Gasteiger partial charge >= 0.3 is 0 Å². The second-order valence-electron chi connectivity index (χ2n) is 6.41. The fourth-order valence-corrected chi connectivity index (χ4v) is 2.85. The molecule has 1 N–H and O–H groups in total. The van der Waals surface area contributed by atoms with Crippen LogP contribution in [0.15, 0.2) is 59.7 Å². The number of hydrogen-bond acceptors (Lipinski definition) is 4. The van der Waals surface area contributed by atoms with Crippen LogP contribution in [0.4, 0.5) is 0 Å². The van der Waals surface area contributed by atoms with Crippen molar-refractivity contribution in [3.63, 3.8) is 0 Å². The number of amides is 2. The molecule has 140 valence electrons. The Labute approximate surface area is 158 Å². The monoisotopic (exact) mass is 365 g/mol. The van der Waals surface area contributed by atoms with Crippen LogP contribution in [-0.2, 0) is 4.79 Å². The Balaban J connectivity index is 1.52. The summed E-state index contributed by atoms with van der Waals surface area (Å²) in [6, 6.07) is 16.2. The van der Waals surface area contributed by atoms with Crippen LogP contribution < -0.4 is 10.2 Å². The Morgan fingerprint density at radius 3 is 2.33 bits per heavy atom. The van der Waals surface area contributed by atoms with Crippen molar-refractivity contribution in [2.24, 2.45) is 5.10 Å². The molecule has 0 unspecified atom stereocenters. The molecule has 1 aliphatic heterocycles. The molecule has 0 aromatic heterocycles. The summed E-state index contributed by atoms with van der Waals surface area (Å²) in [5.74, 6) is 0.403. The first-order chi connectivity index (χ1) is 13.1. The minimum Gasteiger partial charge on any atom is -0.484 e. The molecular weight excluding hydrogens is 342 g/mol. The summed E-state index contributed by atoms with van der Waals surface area (Å²) >= 11 is 0. The molecule has 1 saturated heterocycles. The third kappa shape index (κ3) is 5.17. The van der Waals surface area contributed by atoms with Gasteiger partial charge in [0.1, 0.15) is 5.75 Å². The quantitative estimate of drug-likeness (QED) is 0.632. The Hall–Kier alpha value is -3.15. The molecule has 2 aromatic carbocycles. The molecule has 0 spiro atoms. The van der Waals surface area contributed by atoms with E-state index in [-0.39, 0.29) is 18.4 Å². The highest BCUT2D eigenvalue weighted by molar-refractivity contribution is 6.00. The molecule has 1 fully saturated rings. The van der Waals surface area contributed by atoms with Crippen molar-refractivity contribution in [1.82, 2.24) is 10.3 Å². The van der Waals surface area contributed by atoms with Crippen molar-refractivity contribution in [2.45, 2.75) is 19.8 Å². The number of rotatable bonds is 6. The van der Waals surface area contributed by atoms with Gasteiger partial charge in [0.25, 0.3) is 11.8 Å². The normalized spacial score (nSPS) is 14.1. The van der Waals surface area contributed by atoms with Gasteiger partial charge < -0.3 is 9.64 Å². The summed E-state index contributed by atoms with van der Waals surface area (Å²) < 4.78 is 5.57. The smallest absolute Gasteiger partial charge is 0.271 e. The molecule has 2 aromatic rings. The van der Waals surface area contributed by atoms with E-state index in [1.165, 1.54) is 0 Å². The van der Waals surface area contributed by atoms with Crippen molar-refractivity contribution in [2.75, 3.05) is 19.7 Å². The van der Waals surface area contributed by atoms with Crippen LogP contribution in [0.5, 0.6) is 5.75 Å². The first-order valence-corrected chi connectivity index (χ1v) is 9.04. The number of likely N-dealkylation sites (tertiary alicyclic amines) is 1. The molecule has 27 heavy (non-hydrogen) atoms. The summed E-state index contributed by atoms with van der Waals surface area (Å²) in [4.78, 5) is 25.9. The van der Waals surface area contributed by atoms with E-state index in [2.05, 4.69) is 10.5 Å². The highest BCUT2D eigenvalue weighted by Crippen LogP contribution is 2.14. The fraction of sp³-hybridized carbons (Fsp3) is 0.286. The van der Waals surface area contributed by atoms with Crippen molar-refractivity contribution < 1.29 is 14.3 Å². The van der Waals surface area contributed by atoms with Crippen LogP contribution in [0.25, 0.3) is 0 Å². The van der Waals surface area contributed by atoms with Crippen molar-refractivity contribution in [3.8, 4) is 5.75 Å². The number of hydrazone groups is 1. The Morgan fingerprint density at radius 2 is 1.67 bits per heavy atom. The van der Waals surface area contributed by atoms with Gasteiger partial charge in [-0.05, 0) is 61.7 Å². The lowest BCUT2D eigenvalue weighted by atomic mass is 10.1. The van der Waals surface area contributed by atoms with Gasteiger partial charge in [0, 0.05) is 18.7 Å². The van der Waals surface area contributed by atoms with E-state index in [1.807, 2.05) is 30.0 Å². The van der Waals surface area contributed by atoms with E-state index in [9.17, 15) is 9.59 Å². The average molecular weight is 365 g/mol. The lowest BCUT2D eigenvalue weighted by Gasteiger charge is -2.15. The van der Waals surface area contributed by atoms with E-state index >= 15 is 0 Å². The largest absolute Gasteiger partial charge is 0.484 e. The lowest BCUT2D eigenvalue weighted by molar-refractivity contribution is -0.132. The number of benzene rings is 2. The fourth-order valence-electron chi connectivity index (χ4n) is 2.85. The molecule has 6 nitrogen and oxygen atoms in total. The Kier molecular flexibility index (Phi) is 6.20. The van der Waals surface area contributed by atoms with E-state index < -0.39 is 0 Å². The van der Waals surface area contributed by atoms with Gasteiger partial charge in [-0.1, -0.05) is 18.2 Å². The zero-order chi connectivity index (χ0) is 19.1. The van der Waals surface area contributed by atoms with E-state index in [0.29, 0.717) is 17.0 Å². The summed E-state index contributed by atoms with van der Waals surface area (Å²) in [6.07, 6.45) is 2.14. The van der Waals surface area contributed by atoms with Crippen LogP contribution in [0.3, 0.4) is 0 Å². The number of carbonyl (C=O) groups excluding carboxylic acids is 2. The summed E-state index contributed by atoms with van der Waals surface area (Å²) in [5.41, 5.74) is 4.65. The molecule has 0 saturated carbocycles. The second kappa shape index (κ2) is 8.98. The Bertz CT molecular complexity index is 810. The maximum absolute atomic E-state index is 12.0. The van der Waals surface area contributed by atoms with Crippen molar-refractivity contribution in [1.29, 1.82) is 0 Å². The molecule has 0 bridgehead atoms. The Morgan fingerprint density at radius 1 is 1.00 bits per heavy atom. The first kappa shape index (κ1) is 18.6. The SMILES string of the molecule is C/C(=N/NC(=O)c1ccccc1)c1ccc(OCC(=O)N2CCCC2)cc1. The maximum atomic E-state index is 12.0. The molecule has 6 heteroatoms. The van der Waals surface area contributed by atoms with Gasteiger partial charge in [-0.3, -0.25) is 9.59 Å². The molecule has 2 amide bonds. The zero-order valence-corrected chi connectivity index (χ0v) is 15.4. The summed E-state index contributed by atoms with van der Waals surface area (Å²) in [6.45, 7) is 3.52. The van der Waals surface area contributed by atoms with Crippen LogP contribution >= 0.6 is 0 Å². The van der Waals surface area contributed by atoms with Crippen LogP contribution in [0.1, 0.15) is 35.7 Å². The third-order valence-corrected chi connectivity index (χ3v) is 4.45. The van der Waals surface area contributed by atoms with Gasteiger partial charge in [0.2, 0.25) is 0 Å². The van der Waals surface area contributed by atoms with Gasteiger partial charge in [-0.15, -0.1) is 0 Å². The molecule has 0 atom stereocenters. The zero-order valence-electron chi connectivity index (χ0n) is 15.4. The predicted molar refractivity (Wildman–Crippen MR) is 104 cm³/mol. The maximum Gasteiger partial charge on any atom is 0.271 e. The average Bonchev–Trinajstić information content (AvgIpc) is 3.26. The molecule has 0 radical (unpaired) electrons. The van der Waals surface area contributed by atoms with Crippen LogP contribution in [0.2, 0.25) is 0 Å². The first-order valence-electron chi connectivity index (χ1n) is 9.04. The van der Waals surface area contributed by atoms with E-state index in [4.69, 9.17) is 4.74 Å². The summed E-state index contributed by atoms with van der Waals surface area (Å²) in [5, 5.41) is 4.14. The van der Waals surface area contributed by atoms with Crippen LogP contribution in [-0.4, -0.2) is 42.1 Å². The second-order valence-corrected chi connectivity index (χ2v) is 6.41. The predicted octanol–water partition coefficient (Wildman–Crippen LogP) is 2.84. The minimum absolute atomic E-state index is 0.0259. The number of nitrogens with zero attached hydrogens (tertiary/aromatic N) is 2. The topological polar surface area (TPSA) is 71.0 Å². The molecule has 3 rings (SSSR count). The van der Waals surface area contributed by atoms with E-state index in [0.717, 1.165) is 31.5 Å². The molecule has 0 aliphatic carbocycles. The number of hydrogen-bond donors (Lipinski definition) is 1. The standard InChI is InChI=1S/C21H23N3O3/c1-16(22-23-21(26)18-7-3-2-4-8-18)17-9-11-19(12-10-17)27-15-20(25)24-13-5-6-14-24/h2-4,7-12H,5-6,13-15H2,1H3,(H,23,26)/b22-16-. The number of ether oxygens (including phenoxy) is 1. The van der Waals surface area contributed by atoms with Gasteiger partial charge in [-0.2, -0.15) is 5.10 Å². The summed E-state index contributed by atoms with van der Waals surface area (Å²) in [7, 11) is 0. The van der Waals surface area contributed by atoms with Gasteiger partial charge in [-0.25, -0.2) is 5.43 Å². The molecular formula is C21H23N3O3. The number of carbonyl (C=O) groups is 2. The number of nitrogens with one attached hydrogen (secondary N) is 1. The van der Waals surface area contributed by atoms with Gasteiger partial charge in [0.05, 0.1) is 5.71 Å². The van der Waals surface area contributed by atoms with Crippen LogP contribution in [0, 0.1) is 0 Å².